The summed E-state index contributed by atoms with van der Waals surface area (Å²) in [6.45, 7) is 4.42. The van der Waals surface area contributed by atoms with Gasteiger partial charge in [-0.25, -0.2) is 0 Å². The van der Waals surface area contributed by atoms with Crippen LogP contribution in [-0.2, 0) is 6.61 Å². The summed E-state index contributed by atoms with van der Waals surface area (Å²) in [6, 6.07) is 11.7. The molecule has 1 atom stereocenters. The molecule has 0 radical (unpaired) electrons. The van der Waals surface area contributed by atoms with Crippen molar-refractivity contribution >= 4 is 27.5 Å². The summed E-state index contributed by atoms with van der Waals surface area (Å²) in [4.78, 5) is 0. The van der Waals surface area contributed by atoms with Gasteiger partial charge in [-0.1, -0.05) is 51.3 Å². The van der Waals surface area contributed by atoms with Crippen LogP contribution >= 0.6 is 27.5 Å². The molecule has 2 N–H and O–H groups in total. The van der Waals surface area contributed by atoms with Gasteiger partial charge in [0.25, 0.3) is 0 Å². The number of ether oxygens (including phenoxy) is 1. The number of halogens is 2. The number of benzene rings is 2. The lowest BCUT2D eigenvalue weighted by Gasteiger charge is -2.15. The Labute approximate surface area is 133 Å². The third kappa shape index (κ3) is 3.75. The lowest BCUT2D eigenvalue weighted by molar-refractivity contribution is 0.301. The van der Waals surface area contributed by atoms with Gasteiger partial charge >= 0.3 is 0 Å². The molecule has 0 fully saturated rings. The third-order valence-corrected chi connectivity index (χ3v) is 3.90. The van der Waals surface area contributed by atoms with Crippen LogP contribution in [0.5, 0.6) is 5.75 Å². The second-order valence-corrected chi connectivity index (χ2v) is 6.18. The molecule has 2 rings (SSSR count). The first-order chi connectivity index (χ1) is 9.47. The van der Waals surface area contributed by atoms with Crippen molar-refractivity contribution in [2.45, 2.75) is 26.5 Å². The van der Waals surface area contributed by atoms with Gasteiger partial charge in [-0.15, -0.1) is 0 Å². The van der Waals surface area contributed by atoms with Crippen molar-refractivity contribution in [3.05, 3.63) is 62.6 Å². The molecule has 0 unspecified atom stereocenters. The molecule has 2 nitrogen and oxygen atoms in total. The fourth-order valence-electron chi connectivity index (χ4n) is 1.95. The van der Waals surface area contributed by atoms with Gasteiger partial charge in [-0.3, -0.25) is 0 Å². The average Bonchev–Trinajstić information content (AvgIpc) is 2.38. The zero-order valence-electron chi connectivity index (χ0n) is 11.5. The molecular weight excluding hydrogens is 338 g/mol. The van der Waals surface area contributed by atoms with Crippen molar-refractivity contribution < 1.29 is 4.74 Å². The summed E-state index contributed by atoms with van der Waals surface area (Å²) in [6.07, 6.45) is 0. The van der Waals surface area contributed by atoms with E-state index in [1.54, 1.807) is 0 Å². The first-order valence-corrected chi connectivity index (χ1v) is 7.57. The highest BCUT2D eigenvalue weighted by Gasteiger charge is 2.09. The minimum Gasteiger partial charge on any atom is -0.489 e. The van der Waals surface area contributed by atoms with Crippen LogP contribution in [0.25, 0.3) is 0 Å². The average molecular weight is 355 g/mol. The Morgan fingerprint density at radius 1 is 1.25 bits per heavy atom. The molecule has 0 aliphatic heterocycles. The highest BCUT2D eigenvalue weighted by Crippen LogP contribution is 2.27. The molecule has 20 heavy (non-hydrogen) atoms. The Morgan fingerprint density at radius 2 is 2.00 bits per heavy atom. The zero-order chi connectivity index (χ0) is 14.7. The van der Waals surface area contributed by atoms with Gasteiger partial charge in [0.05, 0.1) is 0 Å². The van der Waals surface area contributed by atoms with Crippen LogP contribution < -0.4 is 10.5 Å². The summed E-state index contributed by atoms with van der Waals surface area (Å²) < 4.78 is 6.84. The number of nitrogens with two attached hydrogens (primary N) is 1. The Bertz CT molecular complexity index is 613. The topological polar surface area (TPSA) is 35.2 Å². The first-order valence-electron chi connectivity index (χ1n) is 6.40. The monoisotopic (exact) mass is 353 g/mol. The molecule has 0 heterocycles. The van der Waals surface area contributed by atoms with Crippen molar-refractivity contribution in [3.63, 3.8) is 0 Å². The Balaban J connectivity index is 2.18. The van der Waals surface area contributed by atoms with E-state index in [-0.39, 0.29) is 6.04 Å². The summed E-state index contributed by atoms with van der Waals surface area (Å²) in [5.41, 5.74) is 9.12. The van der Waals surface area contributed by atoms with E-state index >= 15 is 0 Å². The maximum absolute atomic E-state index is 6.19. The van der Waals surface area contributed by atoms with Gasteiger partial charge in [0, 0.05) is 26.7 Å². The maximum atomic E-state index is 6.19. The van der Waals surface area contributed by atoms with Crippen LogP contribution in [0.1, 0.15) is 29.7 Å². The summed E-state index contributed by atoms with van der Waals surface area (Å²) in [7, 11) is 0. The Kier molecular flexibility index (Phi) is 5.08. The SMILES string of the molecule is Cc1ccc(OCc2ccc(Br)cc2Cl)c([C@H](C)N)c1. The van der Waals surface area contributed by atoms with Crippen LogP contribution in [0.15, 0.2) is 40.9 Å². The van der Waals surface area contributed by atoms with Crippen molar-refractivity contribution in [2.24, 2.45) is 5.73 Å². The Morgan fingerprint density at radius 3 is 2.65 bits per heavy atom. The highest BCUT2D eigenvalue weighted by molar-refractivity contribution is 9.10. The molecule has 4 heteroatoms. The molecule has 0 spiro atoms. The number of hydrogen-bond acceptors (Lipinski definition) is 2. The van der Waals surface area contributed by atoms with E-state index in [0.29, 0.717) is 11.6 Å². The highest BCUT2D eigenvalue weighted by atomic mass is 79.9. The van der Waals surface area contributed by atoms with Crippen molar-refractivity contribution in [2.75, 3.05) is 0 Å². The van der Waals surface area contributed by atoms with Gasteiger partial charge < -0.3 is 10.5 Å². The summed E-state index contributed by atoms with van der Waals surface area (Å²) in [5, 5.41) is 0.689. The fraction of sp³-hybridized carbons (Fsp3) is 0.250. The first kappa shape index (κ1) is 15.4. The summed E-state index contributed by atoms with van der Waals surface area (Å²) in [5.74, 6) is 0.810. The maximum Gasteiger partial charge on any atom is 0.124 e. The predicted octanol–water partition coefficient (Wildman–Crippen LogP) is 5.01. The molecule has 0 amide bonds. The molecule has 0 bridgehead atoms. The lowest BCUT2D eigenvalue weighted by atomic mass is 10.1. The standard InChI is InChI=1S/C16H17BrClNO/c1-10-3-6-16(14(7-10)11(2)19)20-9-12-4-5-13(17)8-15(12)18/h3-8,11H,9,19H2,1-2H3/t11-/m0/s1. The second kappa shape index (κ2) is 6.61. The van der Waals surface area contributed by atoms with Crippen molar-refractivity contribution in [1.29, 1.82) is 0 Å². The number of hydrogen-bond donors (Lipinski definition) is 1. The van der Waals surface area contributed by atoms with E-state index in [1.807, 2.05) is 44.2 Å². The molecule has 0 aliphatic rings. The molecule has 0 saturated heterocycles. The van der Waals surface area contributed by atoms with E-state index in [0.717, 1.165) is 21.3 Å². The largest absolute Gasteiger partial charge is 0.489 e. The van der Waals surface area contributed by atoms with E-state index in [4.69, 9.17) is 22.1 Å². The van der Waals surface area contributed by atoms with Gasteiger partial charge in [-0.2, -0.15) is 0 Å². The molecular formula is C16H17BrClNO. The third-order valence-electron chi connectivity index (χ3n) is 3.05. The minimum absolute atomic E-state index is 0.0645. The van der Waals surface area contributed by atoms with E-state index in [9.17, 15) is 0 Å². The van der Waals surface area contributed by atoms with E-state index in [2.05, 4.69) is 22.0 Å². The summed E-state index contributed by atoms with van der Waals surface area (Å²) >= 11 is 9.58. The molecule has 2 aromatic carbocycles. The van der Waals surface area contributed by atoms with Crippen molar-refractivity contribution in [3.8, 4) is 5.75 Å². The number of aryl methyl sites for hydroxylation is 1. The van der Waals surface area contributed by atoms with E-state index in [1.165, 1.54) is 5.56 Å². The van der Waals surface area contributed by atoms with Gasteiger partial charge in [0.15, 0.2) is 0 Å². The zero-order valence-corrected chi connectivity index (χ0v) is 13.8. The molecule has 0 aromatic heterocycles. The van der Waals surface area contributed by atoms with Crippen LogP contribution in [0, 0.1) is 6.92 Å². The fourth-order valence-corrected chi connectivity index (χ4v) is 2.68. The molecule has 2 aromatic rings. The van der Waals surface area contributed by atoms with Crippen molar-refractivity contribution in [1.82, 2.24) is 0 Å². The lowest BCUT2D eigenvalue weighted by Crippen LogP contribution is -2.08. The number of rotatable bonds is 4. The van der Waals surface area contributed by atoms with Gasteiger partial charge in [0.2, 0.25) is 0 Å². The van der Waals surface area contributed by atoms with Crippen LogP contribution in [-0.4, -0.2) is 0 Å². The van der Waals surface area contributed by atoms with E-state index < -0.39 is 0 Å². The minimum atomic E-state index is -0.0645. The normalized spacial score (nSPS) is 12.2. The van der Waals surface area contributed by atoms with Crippen LogP contribution in [0.2, 0.25) is 5.02 Å². The van der Waals surface area contributed by atoms with Gasteiger partial charge in [-0.05, 0) is 32.0 Å². The Hall–Kier alpha value is -1.03. The molecule has 106 valence electrons. The van der Waals surface area contributed by atoms with Crippen LogP contribution in [0.3, 0.4) is 0 Å². The predicted molar refractivity (Wildman–Crippen MR) is 87.3 cm³/mol. The molecule has 0 saturated carbocycles. The second-order valence-electron chi connectivity index (χ2n) is 4.85. The quantitative estimate of drug-likeness (QED) is 0.837. The van der Waals surface area contributed by atoms with Gasteiger partial charge in [0.1, 0.15) is 12.4 Å². The smallest absolute Gasteiger partial charge is 0.124 e. The van der Waals surface area contributed by atoms with Crippen LogP contribution in [0.4, 0.5) is 0 Å². The molecule has 0 aliphatic carbocycles.